The first kappa shape index (κ1) is 10.2. The molecule has 74 valence electrons. The monoisotopic (exact) mass is 183 g/mol. The summed E-state index contributed by atoms with van der Waals surface area (Å²) in [5.41, 5.74) is 0. The molecule has 1 aliphatic heterocycles. The van der Waals surface area contributed by atoms with Gasteiger partial charge in [-0.2, -0.15) is 0 Å². The third kappa shape index (κ3) is 3.17. The molecule has 0 saturated carbocycles. The molecule has 3 nitrogen and oxygen atoms in total. The van der Waals surface area contributed by atoms with Crippen LogP contribution in [0.2, 0.25) is 0 Å². The zero-order chi connectivity index (χ0) is 9.68. The SMILES string of the molecule is C[C@H](C=O)CC(=O)N1CCCCC1. The first-order chi connectivity index (χ1) is 6.24. The molecule has 0 aromatic rings. The number of hydrogen-bond acceptors (Lipinski definition) is 2. The normalized spacial score (nSPS) is 19.6. The molecule has 13 heavy (non-hydrogen) atoms. The molecule has 0 aromatic carbocycles. The van der Waals surface area contributed by atoms with Crippen LogP contribution in [0.15, 0.2) is 0 Å². The summed E-state index contributed by atoms with van der Waals surface area (Å²) < 4.78 is 0. The van der Waals surface area contributed by atoms with Gasteiger partial charge in [-0.3, -0.25) is 4.79 Å². The van der Waals surface area contributed by atoms with E-state index in [9.17, 15) is 9.59 Å². The van der Waals surface area contributed by atoms with Gasteiger partial charge in [-0.05, 0) is 19.3 Å². The van der Waals surface area contributed by atoms with Crippen LogP contribution in [0.1, 0.15) is 32.6 Å². The van der Waals surface area contributed by atoms with Crippen LogP contribution in [-0.2, 0) is 9.59 Å². The Balaban J connectivity index is 2.32. The average molecular weight is 183 g/mol. The fraction of sp³-hybridized carbons (Fsp3) is 0.800. The largest absolute Gasteiger partial charge is 0.343 e. The smallest absolute Gasteiger partial charge is 0.223 e. The molecule has 1 heterocycles. The summed E-state index contributed by atoms with van der Waals surface area (Å²) in [5, 5.41) is 0. The van der Waals surface area contributed by atoms with E-state index in [0.717, 1.165) is 32.2 Å². The summed E-state index contributed by atoms with van der Waals surface area (Å²) in [6.45, 7) is 3.55. The predicted molar refractivity (Wildman–Crippen MR) is 50.3 cm³/mol. The average Bonchev–Trinajstić information content (AvgIpc) is 2.19. The minimum Gasteiger partial charge on any atom is -0.343 e. The van der Waals surface area contributed by atoms with E-state index in [2.05, 4.69) is 0 Å². The minimum atomic E-state index is -0.130. The Labute approximate surface area is 79.1 Å². The van der Waals surface area contributed by atoms with E-state index in [1.807, 2.05) is 4.90 Å². The molecule has 3 heteroatoms. The Morgan fingerprint density at radius 3 is 2.54 bits per heavy atom. The van der Waals surface area contributed by atoms with Gasteiger partial charge in [0.1, 0.15) is 6.29 Å². The number of carbonyl (C=O) groups is 2. The number of aldehydes is 1. The van der Waals surface area contributed by atoms with E-state index < -0.39 is 0 Å². The summed E-state index contributed by atoms with van der Waals surface area (Å²) in [6, 6.07) is 0. The van der Waals surface area contributed by atoms with Crippen molar-refractivity contribution in [2.24, 2.45) is 5.92 Å². The molecule has 0 radical (unpaired) electrons. The third-order valence-electron chi connectivity index (χ3n) is 2.44. The highest BCUT2D eigenvalue weighted by molar-refractivity contribution is 5.79. The highest BCUT2D eigenvalue weighted by Gasteiger charge is 2.17. The molecule has 1 amide bonds. The number of amides is 1. The van der Waals surface area contributed by atoms with Gasteiger partial charge in [0.25, 0.3) is 0 Å². The molecule has 0 bridgehead atoms. The molecule has 0 unspecified atom stereocenters. The summed E-state index contributed by atoms with van der Waals surface area (Å²) >= 11 is 0. The van der Waals surface area contributed by atoms with Crippen LogP contribution >= 0.6 is 0 Å². The van der Waals surface area contributed by atoms with Gasteiger partial charge in [0, 0.05) is 25.4 Å². The van der Waals surface area contributed by atoms with Gasteiger partial charge in [0.2, 0.25) is 5.91 Å². The van der Waals surface area contributed by atoms with Crippen molar-refractivity contribution in [3.05, 3.63) is 0 Å². The lowest BCUT2D eigenvalue weighted by molar-refractivity contribution is -0.134. The van der Waals surface area contributed by atoms with E-state index in [1.54, 1.807) is 6.92 Å². The molecule has 1 atom stereocenters. The summed E-state index contributed by atoms with van der Waals surface area (Å²) in [6.07, 6.45) is 4.68. The van der Waals surface area contributed by atoms with Gasteiger partial charge in [-0.25, -0.2) is 0 Å². The van der Waals surface area contributed by atoms with E-state index in [-0.39, 0.29) is 11.8 Å². The Morgan fingerprint density at radius 2 is 2.00 bits per heavy atom. The van der Waals surface area contributed by atoms with Crippen LogP contribution in [0.25, 0.3) is 0 Å². The number of nitrogens with zero attached hydrogens (tertiary/aromatic N) is 1. The van der Waals surface area contributed by atoms with Crippen LogP contribution in [0, 0.1) is 5.92 Å². The van der Waals surface area contributed by atoms with Gasteiger partial charge >= 0.3 is 0 Å². The van der Waals surface area contributed by atoms with E-state index in [4.69, 9.17) is 0 Å². The first-order valence-electron chi connectivity index (χ1n) is 4.97. The van der Waals surface area contributed by atoms with E-state index in [1.165, 1.54) is 6.42 Å². The van der Waals surface area contributed by atoms with E-state index in [0.29, 0.717) is 6.42 Å². The predicted octanol–water partition coefficient (Wildman–Crippen LogP) is 1.22. The van der Waals surface area contributed by atoms with E-state index >= 15 is 0 Å². The summed E-state index contributed by atoms with van der Waals surface area (Å²) in [7, 11) is 0. The molecule has 0 N–H and O–H groups in total. The number of rotatable bonds is 3. The molecule has 0 aliphatic carbocycles. The van der Waals surface area contributed by atoms with Crippen LogP contribution < -0.4 is 0 Å². The zero-order valence-corrected chi connectivity index (χ0v) is 8.16. The molecular formula is C10H17NO2. The molecule has 0 aromatic heterocycles. The van der Waals surface area contributed by atoms with Crippen molar-refractivity contribution in [1.29, 1.82) is 0 Å². The van der Waals surface area contributed by atoms with Crippen LogP contribution in [0.4, 0.5) is 0 Å². The molecule has 1 rings (SSSR count). The van der Waals surface area contributed by atoms with Crippen LogP contribution in [0.3, 0.4) is 0 Å². The van der Waals surface area contributed by atoms with Crippen molar-refractivity contribution in [3.63, 3.8) is 0 Å². The van der Waals surface area contributed by atoms with Crippen molar-refractivity contribution in [1.82, 2.24) is 4.90 Å². The standard InChI is InChI=1S/C10H17NO2/c1-9(8-12)7-10(13)11-5-3-2-4-6-11/h8-9H,2-7H2,1H3/t9-/m0/s1. The highest BCUT2D eigenvalue weighted by atomic mass is 16.2. The maximum atomic E-state index is 11.5. The van der Waals surface area contributed by atoms with Gasteiger partial charge in [-0.15, -0.1) is 0 Å². The Bertz CT molecular complexity index is 185. The van der Waals surface area contributed by atoms with Crippen molar-refractivity contribution >= 4 is 12.2 Å². The summed E-state index contributed by atoms with van der Waals surface area (Å²) in [5.74, 6) is 0.00808. The van der Waals surface area contributed by atoms with Crippen molar-refractivity contribution in [2.45, 2.75) is 32.6 Å². The lowest BCUT2D eigenvalue weighted by atomic mass is 10.1. The topological polar surface area (TPSA) is 37.4 Å². The zero-order valence-electron chi connectivity index (χ0n) is 8.16. The van der Waals surface area contributed by atoms with Gasteiger partial charge < -0.3 is 9.69 Å². The van der Waals surface area contributed by atoms with Crippen molar-refractivity contribution in [3.8, 4) is 0 Å². The number of hydrogen-bond donors (Lipinski definition) is 0. The first-order valence-corrected chi connectivity index (χ1v) is 4.97. The van der Waals surface area contributed by atoms with Crippen LogP contribution in [0.5, 0.6) is 0 Å². The van der Waals surface area contributed by atoms with Crippen LogP contribution in [-0.4, -0.2) is 30.2 Å². The molecule has 1 saturated heterocycles. The fourth-order valence-corrected chi connectivity index (χ4v) is 1.60. The molecular weight excluding hydrogens is 166 g/mol. The van der Waals surface area contributed by atoms with Gasteiger partial charge in [0.05, 0.1) is 0 Å². The maximum Gasteiger partial charge on any atom is 0.223 e. The Hall–Kier alpha value is -0.860. The highest BCUT2D eigenvalue weighted by Crippen LogP contribution is 2.11. The third-order valence-corrected chi connectivity index (χ3v) is 2.44. The fourth-order valence-electron chi connectivity index (χ4n) is 1.60. The quantitative estimate of drug-likeness (QED) is 0.617. The van der Waals surface area contributed by atoms with Gasteiger partial charge in [0.15, 0.2) is 0 Å². The van der Waals surface area contributed by atoms with Crippen molar-refractivity contribution < 1.29 is 9.59 Å². The second-order valence-electron chi connectivity index (χ2n) is 3.76. The Kier molecular flexibility index (Phi) is 3.93. The Morgan fingerprint density at radius 1 is 1.38 bits per heavy atom. The van der Waals surface area contributed by atoms with Crippen molar-refractivity contribution in [2.75, 3.05) is 13.1 Å². The maximum absolute atomic E-state index is 11.5. The molecule has 1 fully saturated rings. The lowest BCUT2D eigenvalue weighted by Crippen LogP contribution is -2.36. The number of piperidine rings is 1. The number of likely N-dealkylation sites (tertiary alicyclic amines) is 1. The summed E-state index contributed by atoms with van der Waals surface area (Å²) in [4.78, 5) is 23.8. The van der Waals surface area contributed by atoms with Gasteiger partial charge in [-0.1, -0.05) is 6.92 Å². The minimum absolute atomic E-state index is 0.130. The second-order valence-corrected chi connectivity index (χ2v) is 3.76. The molecule has 1 aliphatic rings. The molecule has 0 spiro atoms. The second kappa shape index (κ2) is 5.00. The number of carbonyl (C=O) groups excluding carboxylic acids is 2. The lowest BCUT2D eigenvalue weighted by Gasteiger charge is -2.27.